The zero-order chi connectivity index (χ0) is 21.0. The van der Waals surface area contributed by atoms with E-state index in [1.165, 1.54) is 18.2 Å². The molecule has 8 heteroatoms. The number of amides is 1. The number of hydrogen-bond donors (Lipinski definition) is 2. The van der Waals surface area contributed by atoms with Crippen LogP contribution in [-0.2, 0) is 10.0 Å². The van der Waals surface area contributed by atoms with Gasteiger partial charge in [0.25, 0.3) is 15.9 Å². The van der Waals surface area contributed by atoms with Gasteiger partial charge in [0.2, 0.25) is 0 Å². The predicted molar refractivity (Wildman–Crippen MR) is 114 cm³/mol. The molecule has 0 aliphatic carbocycles. The molecule has 3 aromatic carbocycles. The summed E-state index contributed by atoms with van der Waals surface area (Å²) in [6.45, 7) is 1.14. The lowest BCUT2D eigenvalue weighted by molar-refractivity contribution is 0.102. The maximum Gasteiger partial charge on any atom is 0.261 e. The zero-order valence-electron chi connectivity index (χ0n) is 16.0. The van der Waals surface area contributed by atoms with Gasteiger partial charge in [0, 0.05) is 29.4 Å². The maximum absolute atomic E-state index is 12.7. The quantitative estimate of drug-likeness (QED) is 0.648. The third kappa shape index (κ3) is 4.55. The first kappa shape index (κ1) is 19.8. The average Bonchev–Trinajstić information content (AvgIpc) is 2.99. The Balaban J connectivity index is 1.50. The molecule has 1 amide bonds. The second-order valence-electron chi connectivity index (χ2n) is 6.67. The van der Waals surface area contributed by atoms with E-state index in [0.29, 0.717) is 41.7 Å². The van der Waals surface area contributed by atoms with E-state index in [-0.39, 0.29) is 10.8 Å². The highest BCUT2D eigenvalue weighted by Gasteiger charge is 2.16. The largest absolute Gasteiger partial charge is 0.490 e. The van der Waals surface area contributed by atoms with Gasteiger partial charge in [-0.05, 0) is 42.5 Å². The summed E-state index contributed by atoms with van der Waals surface area (Å²) in [5.41, 5.74) is 1.17. The minimum atomic E-state index is -3.74. The Morgan fingerprint density at radius 2 is 1.57 bits per heavy atom. The number of nitrogens with one attached hydrogen (secondary N) is 2. The fourth-order valence-electron chi connectivity index (χ4n) is 2.98. The van der Waals surface area contributed by atoms with Crippen molar-refractivity contribution in [1.29, 1.82) is 0 Å². The Morgan fingerprint density at radius 1 is 0.800 bits per heavy atom. The number of carbonyl (C=O) groups is 1. The number of rotatable bonds is 5. The number of carbonyl (C=O) groups excluding carboxylic acids is 1. The molecule has 154 valence electrons. The van der Waals surface area contributed by atoms with Crippen molar-refractivity contribution in [2.45, 2.75) is 11.3 Å². The molecule has 0 fully saturated rings. The maximum atomic E-state index is 12.7. The van der Waals surface area contributed by atoms with Crippen molar-refractivity contribution in [2.75, 3.05) is 23.3 Å². The summed E-state index contributed by atoms with van der Waals surface area (Å²) < 4.78 is 38.7. The lowest BCUT2D eigenvalue weighted by atomic mass is 10.2. The van der Waals surface area contributed by atoms with Crippen LogP contribution in [0.3, 0.4) is 0 Å². The van der Waals surface area contributed by atoms with E-state index in [1.807, 2.05) is 0 Å². The van der Waals surface area contributed by atoms with Crippen molar-refractivity contribution in [2.24, 2.45) is 0 Å². The SMILES string of the molecule is O=C(Nc1ccc2c(c1)OCCCO2)c1cccc(NS(=O)(=O)c2ccccc2)c1. The first-order valence-corrected chi connectivity index (χ1v) is 10.9. The van der Waals surface area contributed by atoms with Gasteiger partial charge in [-0.3, -0.25) is 9.52 Å². The van der Waals surface area contributed by atoms with Crippen LogP contribution in [0.5, 0.6) is 11.5 Å². The smallest absolute Gasteiger partial charge is 0.261 e. The lowest BCUT2D eigenvalue weighted by Crippen LogP contribution is -2.15. The fourth-order valence-corrected chi connectivity index (χ4v) is 4.05. The van der Waals surface area contributed by atoms with Gasteiger partial charge in [-0.2, -0.15) is 0 Å². The van der Waals surface area contributed by atoms with Crippen molar-refractivity contribution >= 4 is 27.3 Å². The van der Waals surface area contributed by atoms with Crippen LogP contribution in [0.1, 0.15) is 16.8 Å². The van der Waals surface area contributed by atoms with Crippen molar-refractivity contribution in [1.82, 2.24) is 0 Å². The molecule has 1 heterocycles. The first-order valence-electron chi connectivity index (χ1n) is 9.40. The molecule has 0 aromatic heterocycles. The Kier molecular flexibility index (Phi) is 5.58. The molecule has 0 radical (unpaired) electrons. The van der Waals surface area contributed by atoms with Crippen LogP contribution in [-0.4, -0.2) is 27.5 Å². The minimum absolute atomic E-state index is 0.145. The molecule has 3 aromatic rings. The van der Waals surface area contributed by atoms with E-state index in [0.717, 1.165) is 6.42 Å². The monoisotopic (exact) mass is 424 g/mol. The molecule has 1 aliphatic heterocycles. The highest BCUT2D eigenvalue weighted by molar-refractivity contribution is 7.92. The molecular formula is C22H20N2O5S. The standard InChI is InChI=1S/C22H20N2O5S/c25-22(23-17-10-11-20-21(15-17)29-13-5-12-28-20)16-6-4-7-18(14-16)24-30(26,27)19-8-2-1-3-9-19/h1-4,6-11,14-15,24H,5,12-13H2,(H,23,25). The van der Waals surface area contributed by atoms with Gasteiger partial charge >= 0.3 is 0 Å². The molecule has 0 saturated heterocycles. The van der Waals surface area contributed by atoms with E-state index in [4.69, 9.17) is 9.47 Å². The van der Waals surface area contributed by atoms with E-state index < -0.39 is 10.0 Å². The fraction of sp³-hybridized carbons (Fsp3) is 0.136. The van der Waals surface area contributed by atoms with Gasteiger partial charge < -0.3 is 14.8 Å². The number of anilines is 2. The molecule has 0 bridgehead atoms. The molecule has 0 unspecified atom stereocenters. The van der Waals surface area contributed by atoms with Crippen LogP contribution in [0, 0.1) is 0 Å². The molecule has 4 rings (SSSR count). The number of hydrogen-bond acceptors (Lipinski definition) is 5. The van der Waals surface area contributed by atoms with Gasteiger partial charge in [-0.15, -0.1) is 0 Å². The van der Waals surface area contributed by atoms with Crippen molar-refractivity contribution in [3.63, 3.8) is 0 Å². The van der Waals surface area contributed by atoms with Gasteiger partial charge in [-0.25, -0.2) is 8.42 Å². The first-order chi connectivity index (χ1) is 14.5. The van der Waals surface area contributed by atoms with Crippen molar-refractivity contribution in [3.05, 3.63) is 78.4 Å². The van der Waals surface area contributed by atoms with Crippen LogP contribution < -0.4 is 19.5 Å². The van der Waals surface area contributed by atoms with Gasteiger partial charge in [0.15, 0.2) is 11.5 Å². The third-order valence-electron chi connectivity index (χ3n) is 4.44. The zero-order valence-corrected chi connectivity index (χ0v) is 16.8. The molecule has 0 atom stereocenters. The Bertz CT molecular complexity index is 1160. The second kappa shape index (κ2) is 8.46. The predicted octanol–water partition coefficient (Wildman–Crippen LogP) is 3.90. The molecule has 7 nitrogen and oxygen atoms in total. The summed E-state index contributed by atoms with van der Waals surface area (Å²) >= 11 is 0. The normalized spacial score (nSPS) is 13.2. The number of benzene rings is 3. The van der Waals surface area contributed by atoms with Gasteiger partial charge in [0.05, 0.1) is 18.1 Å². The van der Waals surface area contributed by atoms with Crippen LogP contribution in [0.4, 0.5) is 11.4 Å². The summed E-state index contributed by atoms with van der Waals surface area (Å²) in [7, 11) is -3.74. The Labute approximate surface area is 174 Å². The highest BCUT2D eigenvalue weighted by Crippen LogP contribution is 2.32. The molecule has 0 saturated carbocycles. The van der Waals surface area contributed by atoms with Gasteiger partial charge in [-0.1, -0.05) is 24.3 Å². The highest BCUT2D eigenvalue weighted by atomic mass is 32.2. The molecular weight excluding hydrogens is 404 g/mol. The van der Waals surface area contributed by atoms with Crippen molar-refractivity contribution < 1.29 is 22.7 Å². The van der Waals surface area contributed by atoms with E-state index in [2.05, 4.69) is 10.0 Å². The van der Waals surface area contributed by atoms with Crippen molar-refractivity contribution in [3.8, 4) is 11.5 Å². The second-order valence-corrected chi connectivity index (χ2v) is 8.35. The molecule has 30 heavy (non-hydrogen) atoms. The summed E-state index contributed by atoms with van der Waals surface area (Å²) in [6.07, 6.45) is 0.794. The number of fused-ring (bicyclic) bond motifs is 1. The van der Waals surface area contributed by atoms with E-state index in [9.17, 15) is 13.2 Å². The Hall–Kier alpha value is -3.52. The van der Waals surface area contributed by atoms with Crippen LogP contribution >= 0.6 is 0 Å². The minimum Gasteiger partial charge on any atom is -0.490 e. The average molecular weight is 424 g/mol. The van der Waals surface area contributed by atoms with Crippen LogP contribution in [0.25, 0.3) is 0 Å². The molecule has 0 spiro atoms. The number of sulfonamides is 1. The topological polar surface area (TPSA) is 93.7 Å². The number of ether oxygens (including phenoxy) is 2. The third-order valence-corrected chi connectivity index (χ3v) is 5.83. The summed E-state index contributed by atoms with van der Waals surface area (Å²) in [5, 5.41) is 2.80. The summed E-state index contributed by atoms with van der Waals surface area (Å²) in [4.78, 5) is 12.8. The molecule has 2 N–H and O–H groups in total. The summed E-state index contributed by atoms with van der Waals surface area (Å²) in [6, 6.07) is 19.5. The van der Waals surface area contributed by atoms with Gasteiger partial charge in [0.1, 0.15) is 0 Å². The Morgan fingerprint density at radius 3 is 2.37 bits per heavy atom. The van der Waals surface area contributed by atoms with Crippen LogP contribution in [0.15, 0.2) is 77.7 Å². The lowest BCUT2D eigenvalue weighted by Gasteiger charge is -2.12. The molecule has 1 aliphatic rings. The van der Waals surface area contributed by atoms with E-state index >= 15 is 0 Å². The van der Waals surface area contributed by atoms with E-state index in [1.54, 1.807) is 54.6 Å². The van der Waals surface area contributed by atoms with Crippen LogP contribution in [0.2, 0.25) is 0 Å². The summed E-state index contributed by atoms with van der Waals surface area (Å²) in [5.74, 6) is 0.850.